The molecule has 1 unspecified atom stereocenters. The maximum absolute atomic E-state index is 3.59. The molecule has 0 bridgehead atoms. The summed E-state index contributed by atoms with van der Waals surface area (Å²) in [7, 11) is 0. The number of rotatable bonds is 5. The zero-order valence-corrected chi connectivity index (χ0v) is 14.1. The molecule has 0 saturated carbocycles. The third kappa shape index (κ3) is 4.16. The van der Waals surface area contributed by atoms with Gasteiger partial charge < -0.3 is 10.2 Å². The normalized spacial score (nSPS) is 19.6. The second-order valence-electron chi connectivity index (χ2n) is 6.27. The summed E-state index contributed by atoms with van der Waals surface area (Å²) in [5.74, 6) is 3.19. The maximum atomic E-state index is 3.59. The first-order valence-corrected chi connectivity index (χ1v) is 8.88. The van der Waals surface area contributed by atoms with Crippen molar-refractivity contribution in [2.75, 3.05) is 29.5 Å². The van der Waals surface area contributed by atoms with Gasteiger partial charge >= 0.3 is 0 Å². The Morgan fingerprint density at radius 1 is 1.40 bits per heavy atom. The van der Waals surface area contributed by atoms with Gasteiger partial charge in [0.15, 0.2) is 0 Å². The van der Waals surface area contributed by atoms with Gasteiger partial charge in [0.1, 0.15) is 0 Å². The van der Waals surface area contributed by atoms with Crippen LogP contribution in [0.4, 0.5) is 5.69 Å². The third-order valence-electron chi connectivity index (χ3n) is 3.78. The van der Waals surface area contributed by atoms with Gasteiger partial charge in [-0.15, -0.1) is 0 Å². The van der Waals surface area contributed by atoms with Crippen molar-refractivity contribution in [2.45, 2.75) is 40.3 Å². The molecule has 1 heterocycles. The van der Waals surface area contributed by atoms with Gasteiger partial charge in [-0.05, 0) is 37.9 Å². The van der Waals surface area contributed by atoms with E-state index in [1.54, 1.807) is 0 Å². The summed E-state index contributed by atoms with van der Waals surface area (Å²) in [6.45, 7) is 12.3. The first-order valence-electron chi connectivity index (χ1n) is 7.72. The smallest absolute Gasteiger partial charge is 0.0414 e. The summed E-state index contributed by atoms with van der Waals surface area (Å²) in [5, 5.41) is 3.59. The quantitative estimate of drug-likeness (QED) is 0.891. The zero-order valence-electron chi connectivity index (χ0n) is 13.3. The first kappa shape index (κ1) is 15.7. The molecule has 0 aromatic heterocycles. The van der Waals surface area contributed by atoms with Crippen molar-refractivity contribution < 1.29 is 0 Å². The van der Waals surface area contributed by atoms with E-state index in [4.69, 9.17) is 0 Å². The van der Waals surface area contributed by atoms with E-state index < -0.39 is 0 Å². The van der Waals surface area contributed by atoms with Crippen molar-refractivity contribution in [3.05, 3.63) is 29.3 Å². The van der Waals surface area contributed by atoms with Gasteiger partial charge in [-0.1, -0.05) is 31.5 Å². The van der Waals surface area contributed by atoms with E-state index in [0.717, 1.165) is 13.1 Å². The predicted octanol–water partition coefficient (Wildman–Crippen LogP) is 3.68. The molecule has 1 aromatic carbocycles. The topological polar surface area (TPSA) is 15.3 Å². The van der Waals surface area contributed by atoms with Gasteiger partial charge in [-0.25, -0.2) is 0 Å². The number of nitrogens with one attached hydrogen (secondary N) is 1. The van der Waals surface area contributed by atoms with Crippen LogP contribution >= 0.6 is 11.8 Å². The fourth-order valence-electron chi connectivity index (χ4n) is 2.72. The second kappa shape index (κ2) is 7.37. The van der Waals surface area contributed by atoms with Crippen molar-refractivity contribution in [1.82, 2.24) is 5.32 Å². The fourth-order valence-corrected chi connectivity index (χ4v) is 3.73. The highest BCUT2D eigenvalue weighted by molar-refractivity contribution is 7.99. The molecule has 0 radical (unpaired) electrons. The summed E-state index contributed by atoms with van der Waals surface area (Å²) in [4.78, 5) is 2.59. The summed E-state index contributed by atoms with van der Waals surface area (Å²) < 4.78 is 0. The first-order chi connectivity index (χ1) is 9.58. The molecule has 3 heteroatoms. The van der Waals surface area contributed by atoms with Crippen LogP contribution in [0.2, 0.25) is 0 Å². The molecule has 0 aliphatic carbocycles. The summed E-state index contributed by atoms with van der Waals surface area (Å²) in [6, 6.07) is 7.54. The lowest BCUT2D eigenvalue weighted by molar-refractivity contribution is 0.551. The second-order valence-corrected chi connectivity index (χ2v) is 7.42. The SMILES string of the molecule is Cc1ccc(N2CCSCC2C)c(CNCC(C)C)c1. The van der Waals surface area contributed by atoms with Crippen LogP contribution in [0.25, 0.3) is 0 Å². The van der Waals surface area contributed by atoms with Crippen molar-refractivity contribution in [1.29, 1.82) is 0 Å². The van der Waals surface area contributed by atoms with Crippen LogP contribution in [-0.4, -0.2) is 30.6 Å². The van der Waals surface area contributed by atoms with Gasteiger partial charge in [0.25, 0.3) is 0 Å². The summed E-state index contributed by atoms with van der Waals surface area (Å²) >= 11 is 2.07. The summed E-state index contributed by atoms with van der Waals surface area (Å²) in [5.41, 5.74) is 4.23. The van der Waals surface area contributed by atoms with E-state index >= 15 is 0 Å². The standard InChI is InChI=1S/C17H28N2S/c1-13(2)10-18-11-16-9-14(3)5-6-17(16)19-7-8-20-12-15(19)4/h5-6,9,13,15,18H,7-8,10-12H2,1-4H3. The van der Waals surface area contributed by atoms with Crippen LogP contribution in [0, 0.1) is 12.8 Å². The van der Waals surface area contributed by atoms with Gasteiger partial charge in [0, 0.05) is 36.3 Å². The maximum Gasteiger partial charge on any atom is 0.0414 e. The Morgan fingerprint density at radius 2 is 2.20 bits per heavy atom. The van der Waals surface area contributed by atoms with E-state index in [1.165, 1.54) is 34.9 Å². The zero-order chi connectivity index (χ0) is 14.5. The number of hydrogen-bond acceptors (Lipinski definition) is 3. The highest BCUT2D eigenvalue weighted by Crippen LogP contribution is 2.28. The van der Waals surface area contributed by atoms with Crippen LogP contribution in [0.15, 0.2) is 18.2 Å². The Balaban J connectivity index is 2.14. The van der Waals surface area contributed by atoms with Gasteiger partial charge in [-0.2, -0.15) is 11.8 Å². The molecular weight excluding hydrogens is 264 g/mol. The van der Waals surface area contributed by atoms with Crippen LogP contribution in [0.5, 0.6) is 0 Å². The van der Waals surface area contributed by atoms with Crippen molar-refractivity contribution in [2.24, 2.45) is 5.92 Å². The Hall–Kier alpha value is -0.670. The van der Waals surface area contributed by atoms with Crippen LogP contribution in [0.3, 0.4) is 0 Å². The Bertz CT molecular complexity index is 431. The van der Waals surface area contributed by atoms with E-state index in [1.807, 2.05) is 0 Å². The molecule has 1 aliphatic rings. The minimum Gasteiger partial charge on any atom is -0.367 e. The number of thioether (sulfide) groups is 1. The Kier molecular flexibility index (Phi) is 5.79. The lowest BCUT2D eigenvalue weighted by atomic mass is 10.1. The molecule has 0 amide bonds. The van der Waals surface area contributed by atoms with Crippen molar-refractivity contribution >= 4 is 17.4 Å². The van der Waals surface area contributed by atoms with Crippen molar-refractivity contribution in [3.8, 4) is 0 Å². The van der Waals surface area contributed by atoms with E-state index in [2.05, 4.69) is 67.9 Å². The largest absolute Gasteiger partial charge is 0.367 e. The third-order valence-corrected chi connectivity index (χ3v) is 4.97. The number of aryl methyl sites for hydroxylation is 1. The van der Waals surface area contributed by atoms with Crippen LogP contribution < -0.4 is 10.2 Å². The molecule has 1 N–H and O–H groups in total. The fraction of sp³-hybridized carbons (Fsp3) is 0.647. The van der Waals surface area contributed by atoms with Gasteiger partial charge in [0.05, 0.1) is 0 Å². The molecule has 1 aromatic rings. The highest BCUT2D eigenvalue weighted by Gasteiger charge is 2.21. The Labute approximate surface area is 128 Å². The summed E-state index contributed by atoms with van der Waals surface area (Å²) in [6.07, 6.45) is 0. The Morgan fingerprint density at radius 3 is 2.90 bits per heavy atom. The lowest BCUT2D eigenvalue weighted by Gasteiger charge is -2.36. The average Bonchev–Trinajstić information content (AvgIpc) is 2.40. The van der Waals surface area contributed by atoms with Crippen LogP contribution in [-0.2, 0) is 6.54 Å². The lowest BCUT2D eigenvalue weighted by Crippen LogP contribution is -2.41. The van der Waals surface area contributed by atoms with E-state index in [9.17, 15) is 0 Å². The van der Waals surface area contributed by atoms with E-state index in [-0.39, 0.29) is 0 Å². The number of hydrogen-bond donors (Lipinski definition) is 1. The molecule has 1 atom stereocenters. The molecule has 1 fully saturated rings. The monoisotopic (exact) mass is 292 g/mol. The number of nitrogens with zero attached hydrogens (tertiary/aromatic N) is 1. The molecule has 1 saturated heterocycles. The highest BCUT2D eigenvalue weighted by atomic mass is 32.2. The number of anilines is 1. The minimum atomic E-state index is 0.639. The molecule has 0 spiro atoms. The van der Waals surface area contributed by atoms with Crippen LogP contribution in [0.1, 0.15) is 31.9 Å². The molecule has 20 heavy (non-hydrogen) atoms. The van der Waals surface area contributed by atoms with Gasteiger partial charge in [0.2, 0.25) is 0 Å². The molecule has 2 rings (SSSR count). The van der Waals surface area contributed by atoms with Crippen molar-refractivity contribution in [3.63, 3.8) is 0 Å². The predicted molar refractivity (Wildman–Crippen MR) is 91.9 cm³/mol. The average molecular weight is 292 g/mol. The molecule has 1 aliphatic heterocycles. The number of benzene rings is 1. The van der Waals surface area contributed by atoms with Gasteiger partial charge in [-0.3, -0.25) is 0 Å². The molecular formula is C17H28N2S. The minimum absolute atomic E-state index is 0.639. The molecule has 112 valence electrons. The molecule has 2 nitrogen and oxygen atoms in total. The van der Waals surface area contributed by atoms with E-state index in [0.29, 0.717) is 12.0 Å².